The maximum Gasteiger partial charge on any atom is 0.134 e. The molecule has 0 bridgehead atoms. The Balaban J connectivity index is 2.02. The molecule has 1 unspecified atom stereocenters. The second kappa shape index (κ2) is 8.05. The van der Waals surface area contributed by atoms with Gasteiger partial charge < -0.3 is 14.8 Å². The lowest BCUT2D eigenvalue weighted by atomic mass is 10.0. The van der Waals surface area contributed by atoms with Crippen LogP contribution < -0.4 is 14.8 Å². The monoisotopic (exact) mass is 305 g/mol. The van der Waals surface area contributed by atoms with Crippen LogP contribution in [0.15, 0.2) is 35.7 Å². The standard InChI is InChI=1S/C17H23NO2S/c1-4-18-15(17-16(20-3)11-12-21-17)10-7-13-5-8-14(19-2)9-6-13/h5-6,8-9,11-12,15,18H,4,7,10H2,1-3H3. The zero-order chi connectivity index (χ0) is 15.1. The van der Waals surface area contributed by atoms with E-state index in [0.717, 1.165) is 30.9 Å². The SMILES string of the molecule is CCNC(CCc1ccc(OC)cc1)c1sccc1OC. The lowest BCUT2D eigenvalue weighted by Gasteiger charge is -2.18. The summed E-state index contributed by atoms with van der Waals surface area (Å²) in [5.74, 6) is 1.89. The van der Waals surface area contributed by atoms with E-state index >= 15 is 0 Å². The number of thiophene rings is 1. The lowest BCUT2D eigenvalue weighted by molar-refractivity contribution is 0.400. The van der Waals surface area contributed by atoms with E-state index in [9.17, 15) is 0 Å². The fourth-order valence-electron chi connectivity index (χ4n) is 2.41. The largest absolute Gasteiger partial charge is 0.497 e. The maximum atomic E-state index is 5.45. The van der Waals surface area contributed by atoms with Gasteiger partial charge >= 0.3 is 0 Å². The van der Waals surface area contributed by atoms with Gasteiger partial charge in [0.2, 0.25) is 0 Å². The van der Waals surface area contributed by atoms with Crippen LogP contribution >= 0.6 is 11.3 Å². The van der Waals surface area contributed by atoms with Crippen molar-refractivity contribution < 1.29 is 9.47 Å². The van der Waals surface area contributed by atoms with Gasteiger partial charge in [-0.3, -0.25) is 0 Å². The summed E-state index contributed by atoms with van der Waals surface area (Å²) in [6, 6.07) is 10.7. The highest BCUT2D eigenvalue weighted by Crippen LogP contribution is 2.33. The van der Waals surface area contributed by atoms with Crippen molar-refractivity contribution >= 4 is 11.3 Å². The molecule has 0 radical (unpaired) electrons. The summed E-state index contributed by atoms with van der Waals surface area (Å²) in [6.07, 6.45) is 2.08. The second-order valence-corrected chi connectivity index (χ2v) is 5.80. The molecule has 0 saturated heterocycles. The van der Waals surface area contributed by atoms with Crippen LogP contribution in [-0.2, 0) is 6.42 Å². The molecular weight excluding hydrogens is 282 g/mol. The number of methoxy groups -OCH3 is 2. The minimum absolute atomic E-state index is 0.340. The summed E-state index contributed by atoms with van der Waals surface area (Å²) in [6.45, 7) is 3.09. The molecule has 0 aliphatic heterocycles. The molecule has 1 N–H and O–H groups in total. The van der Waals surface area contributed by atoms with Crippen LogP contribution in [0, 0.1) is 0 Å². The molecule has 4 heteroatoms. The highest BCUT2D eigenvalue weighted by Gasteiger charge is 2.16. The van der Waals surface area contributed by atoms with E-state index in [1.807, 2.05) is 18.2 Å². The molecule has 2 rings (SSSR count). The van der Waals surface area contributed by atoms with Crippen molar-refractivity contribution in [3.63, 3.8) is 0 Å². The quantitative estimate of drug-likeness (QED) is 0.798. The molecule has 0 spiro atoms. The van der Waals surface area contributed by atoms with Gasteiger partial charge in [0.25, 0.3) is 0 Å². The summed E-state index contributed by atoms with van der Waals surface area (Å²) >= 11 is 1.76. The molecular formula is C17H23NO2S. The van der Waals surface area contributed by atoms with Crippen molar-refractivity contribution in [3.8, 4) is 11.5 Å². The van der Waals surface area contributed by atoms with Crippen LogP contribution in [0.4, 0.5) is 0 Å². The Morgan fingerprint density at radius 3 is 2.48 bits per heavy atom. The van der Waals surface area contributed by atoms with E-state index in [0.29, 0.717) is 6.04 Å². The Kier molecular flexibility index (Phi) is 6.08. The normalized spacial score (nSPS) is 12.1. The fraction of sp³-hybridized carbons (Fsp3) is 0.412. The van der Waals surface area contributed by atoms with Gasteiger partial charge in [0.15, 0.2) is 0 Å². The number of hydrogen-bond acceptors (Lipinski definition) is 4. The number of rotatable bonds is 8. The van der Waals surface area contributed by atoms with Gasteiger partial charge in [0.1, 0.15) is 11.5 Å². The highest BCUT2D eigenvalue weighted by molar-refractivity contribution is 7.10. The van der Waals surface area contributed by atoms with Crippen LogP contribution in [0.1, 0.15) is 29.8 Å². The molecule has 1 aromatic heterocycles. The summed E-state index contributed by atoms with van der Waals surface area (Å²) in [4.78, 5) is 1.29. The highest BCUT2D eigenvalue weighted by atomic mass is 32.1. The number of benzene rings is 1. The van der Waals surface area contributed by atoms with Crippen LogP contribution in [0.2, 0.25) is 0 Å². The van der Waals surface area contributed by atoms with Crippen LogP contribution in [0.25, 0.3) is 0 Å². The third kappa shape index (κ3) is 4.22. The predicted octanol–water partition coefficient (Wildman–Crippen LogP) is 4.05. The molecule has 1 aromatic carbocycles. The zero-order valence-corrected chi connectivity index (χ0v) is 13.7. The minimum Gasteiger partial charge on any atom is -0.497 e. The molecule has 0 aliphatic rings. The van der Waals surface area contributed by atoms with E-state index in [1.165, 1.54) is 10.4 Å². The van der Waals surface area contributed by atoms with Gasteiger partial charge in [-0.2, -0.15) is 0 Å². The summed E-state index contributed by atoms with van der Waals surface area (Å²) < 4.78 is 10.6. The summed E-state index contributed by atoms with van der Waals surface area (Å²) in [5, 5.41) is 5.65. The van der Waals surface area contributed by atoms with Crippen molar-refractivity contribution in [2.24, 2.45) is 0 Å². The Hall–Kier alpha value is -1.52. The first kappa shape index (κ1) is 15.9. The van der Waals surface area contributed by atoms with Gasteiger partial charge in [-0.25, -0.2) is 0 Å². The molecule has 1 atom stereocenters. The van der Waals surface area contributed by atoms with E-state index in [4.69, 9.17) is 9.47 Å². The summed E-state index contributed by atoms with van der Waals surface area (Å²) in [7, 11) is 3.43. The molecule has 0 aliphatic carbocycles. The minimum atomic E-state index is 0.340. The lowest BCUT2D eigenvalue weighted by Crippen LogP contribution is -2.21. The number of hydrogen-bond donors (Lipinski definition) is 1. The molecule has 2 aromatic rings. The van der Waals surface area contributed by atoms with Crippen LogP contribution in [-0.4, -0.2) is 20.8 Å². The number of nitrogens with one attached hydrogen (secondary N) is 1. The van der Waals surface area contributed by atoms with Crippen molar-refractivity contribution in [2.75, 3.05) is 20.8 Å². The van der Waals surface area contributed by atoms with Crippen molar-refractivity contribution in [1.82, 2.24) is 5.32 Å². The Morgan fingerprint density at radius 1 is 1.10 bits per heavy atom. The van der Waals surface area contributed by atoms with Gasteiger partial charge in [0, 0.05) is 6.04 Å². The van der Waals surface area contributed by atoms with E-state index in [2.05, 4.69) is 29.8 Å². The molecule has 0 fully saturated rings. The molecule has 1 heterocycles. The van der Waals surface area contributed by atoms with Crippen LogP contribution in [0.3, 0.4) is 0 Å². The fourth-order valence-corrected chi connectivity index (χ4v) is 3.38. The molecule has 0 saturated carbocycles. The van der Waals surface area contributed by atoms with Gasteiger partial charge in [0.05, 0.1) is 19.1 Å². The van der Waals surface area contributed by atoms with Gasteiger partial charge in [-0.05, 0) is 48.5 Å². The predicted molar refractivity (Wildman–Crippen MR) is 88.6 cm³/mol. The Morgan fingerprint density at radius 2 is 1.86 bits per heavy atom. The molecule has 3 nitrogen and oxygen atoms in total. The number of aryl methyl sites for hydroxylation is 1. The maximum absolute atomic E-state index is 5.45. The van der Waals surface area contributed by atoms with E-state index in [1.54, 1.807) is 25.6 Å². The van der Waals surface area contributed by atoms with Crippen molar-refractivity contribution in [1.29, 1.82) is 0 Å². The van der Waals surface area contributed by atoms with E-state index < -0.39 is 0 Å². The second-order valence-electron chi connectivity index (χ2n) is 4.85. The van der Waals surface area contributed by atoms with Crippen LogP contribution in [0.5, 0.6) is 11.5 Å². The molecule has 0 amide bonds. The van der Waals surface area contributed by atoms with Gasteiger partial charge in [-0.15, -0.1) is 11.3 Å². The first-order valence-electron chi connectivity index (χ1n) is 7.26. The van der Waals surface area contributed by atoms with Gasteiger partial charge in [-0.1, -0.05) is 19.1 Å². The first-order valence-corrected chi connectivity index (χ1v) is 8.14. The van der Waals surface area contributed by atoms with E-state index in [-0.39, 0.29) is 0 Å². The molecule has 114 valence electrons. The first-order chi connectivity index (χ1) is 10.3. The summed E-state index contributed by atoms with van der Waals surface area (Å²) in [5.41, 5.74) is 1.33. The van der Waals surface area contributed by atoms with Crippen molar-refractivity contribution in [2.45, 2.75) is 25.8 Å². The zero-order valence-electron chi connectivity index (χ0n) is 12.9. The smallest absolute Gasteiger partial charge is 0.134 e. The van der Waals surface area contributed by atoms with Crippen molar-refractivity contribution in [3.05, 3.63) is 46.2 Å². The third-order valence-corrected chi connectivity index (χ3v) is 4.54. The Bertz CT molecular complexity index is 536. The molecule has 21 heavy (non-hydrogen) atoms. The topological polar surface area (TPSA) is 30.5 Å². The third-order valence-electron chi connectivity index (χ3n) is 3.52. The average molecular weight is 305 g/mol. The Labute approximate surface area is 130 Å². The average Bonchev–Trinajstić information content (AvgIpc) is 3.00. The number of ether oxygens (including phenoxy) is 2.